The highest BCUT2D eigenvalue weighted by molar-refractivity contribution is 8.23. The first-order chi connectivity index (χ1) is 12.2. The molecule has 0 saturated carbocycles. The maximum atomic E-state index is 6.08. The second kappa shape index (κ2) is 7.53. The zero-order valence-corrected chi connectivity index (χ0v) is 16.3. The summed E-state index contributed by atoms with van der Waals surface area (Å²) >= 11 is 13.7. The van der Waals surface area contributed by atoms with E-state index >= 15 is 0 Å². The Balaban J connectivity index is 1.64. The maximum absolute atomic E-state index is 6.08. The van der Waals surface area contributed by atoms with Crippen molar-refractivity contribution in [1.82, 2.24) is 4.90 Å². The summed E-state index contributed by atoms with van der Waals surface area (Å²) in [6, 6.07) is 18.9. The van der Waals surface area contributed by atoms with Crippen molar-refractivity contribution in [2.45, 2.75) is 31.1 Å². The van der Waals surface area contributed by atoms with E-state index in [9.17, 15) is 0 Å². The fourth-order valence-corrected chi connectivity index (χ4v) is 5.59. The van der Waals surface area contributed by atoms with E-state index in [-0.39, 0.29) is 0 Å². The molecule has 2 aliphatic rings. The lowest BCUT2D eigenvalue weighted by atomic mass is 9.85. The zero-order chi connectivity index (χ0) is 17.2. The molecule has 0 spiro atoms. The lowest BCUT2D eigenvalue weighted by Gasteiger charge is -2.44. The number of thioether (sulfide) groups is 1. The van der Waals surface area contributed by atoms with E-state index in [1.165, 1.54) is 29.7 Å². The monoisotopic (exact) mass is 385 g/mol. The Kier molecular flexibility index (Phi) is 5.16. The topological polar surface area (TPSA) is 3.24 Å². The maximum Gasteiger partial charge on any atom is 0.141 e. The molecule has 4 rings (SSSR count). The summed E-state index contributed by atoms with van der Waals surface area (Å²) in [7, 11) is 0. The summed E-state index contributed by atoms with van der Waals surface area (Å²) in [5.74, 6) is 0.523. The van der Waals surface area contributed by atoms with Crippen LogP contribution in [0, 0.1) is 5.92 Å². The molecule has 2 atom stereocenters. The van der Waals surface area contributed by atoms with Gasteiger partial charge in [-0.3, -0.25) is 0 Å². The number of nitrogens with zero attached hydrogens (tertiary/aromatic N) is 1. The lowest BCUT2D eigenvalue weighted by Crippen LogP contribution is -2.38. The highest BCUT2D eigenvalue weighted by Gasteiger charge is 2.38. The minimum Gasteiger partial charge on any atom is -0.327 e. The molecule has 4 heteroatoms. The van der Waals surface area contributed by atoms with Gasteiger partial charge in [-0.05, 0) is 42.5 Å². The average molecular weight is 386 g/mol. The van der Waals surface area contributed by atoms with Gasteiger partial charge < -0.3 is 4.90 Å². The molecule has 2 aromatic carbocycles. The summed E-state index contributed by atoms with van der Waals surface area (Å²) in [6.45, 7) is 0.863. The second-order valence-electron chi connectivity index (χ2n) is 6.59. The van der Waals surface area contributed by atoms with Gasteiger partial charge in [0, 0.05) is 28.4 Å². The third-order valence-electron chi connectivity index (χ3n) is 4.96. The van der Waals surface area contributed by atoms with E-state index in [0.717, 1.165) is 22.3 Å². The molecule has 25 heavy (non-hydrogen) atoms. The van der Waals surface area contributed by atoms with Crippen LogP contribution in [0.4, 0.5) is 0 Å². The van der Waals surface area contributed by atoms with Gasteiger partial charge in [0.1, 0.15) is 4.32 Å². The van der Waals surface area contributed by atoms with Crippen molar-refractivity contribution in [2.75, 3.05) is 0 Å². The highest BCUT2D eigenvalue weighted by atomic mass is 35.5. The van der Waals surface area contributed by atoms with Gasteiger partial charge in [0.05, 0.1) is 0 Å². The van der Waals surface area contributed by atoms with E-state index < -0.39 is 0 Å². The number of hydrogen-bond donors (Lipinski definition) is 0. The third-order valence-corrected chi connectivity index (χ3v) is 7.00. The molecule has 0 amide bonds. The Morgan fingerprint density at radius 2 is 1.84 bits per heavy atom. The molecule has 0 bridgehead atoms. The summed E-state index contributed by atoms with van der Waals surface area (Å²) in [5.41, 5.74) is 4.05. The number of hydrogen-bond acceptors (Lipinski definition) is 2. The number of fused-ring (bicyclic) bond motifs is 1. The first-order valence-corrected chi connectivity index (χ1v) is 10.4. The van der Waals surface area contributed by atoms with Crippen LogP contribution in [0.2, 0.25) is 5.02 Å². The van der Waals surface area contributed by atoms with Crippen molar-refractivity contribution in [3.8, 4) is 0 Å². The van der Waals surface area contributed by atoms with Gasteiger partial charge in [-0.25, -0.2) is 0 Å². The van der Waals surface area contributed by atoms with Gasteiger partial charge in [-0.1, -0.05) is 84.1 Å². The number of halogens is 1. The summed E-state index contributed by atoms with van der Waals surface area (Å²) in [5, 5.41) is 1.18. The molecule has 1 aliphatic carbocycles. The van der Waals surface area contributed by atoms with Crippen molar-refractivity contribution < 1.29 is 0 Å². The Hall–Kier alpha value is -1.29. The van der Waals surface area contributed by atoms with E-state index in [1.54, 1.807) is 0 Å². The van der Waals surface area contributed by atoms with E-state index in [4.69, 9.17) is 23.8 Å². The molecule has 1 aliphatic heterocycles. The summed E-state index contributed by atoms with van der Waals surface area (Å²) in [6.07, 6.45) is 6.04. The first-order valence-electron chi connectivity index (χ1n) is 8.70. The second-order valence-corrected chi connectivity index (χ2v) is 8.81. The lowest BCUT2D eigenvalue weighted by molar-refractivity contribution is 0.371. The van der Waals surface area contributed by atoms with Crippen LogP contribution < -0.4 is 0 Å². The van der Waals surface area contributed by atoms with Crippen molar-refractivity contribution in [2.24, 2.45) is 5.92 Å². The van der Waals surface area contributed by atoms with Gasteiger partial charge in [-0.15, -0.1) is 0 Å². The van der Waals surface area contributed by atoms with Crippen molar-refractivity contribution in [1.29, 1.82) is 0 Å². The van der Waals surface area contributed by atoms with Crippen LogP contribution in [-0.2, 0) is 6.54 Å². The molecule has 1 nitrogen and oxygen atoms in total. The Labute approximate surface area is 164 Å². The van der Waals surface area contributed by atoms with Crippen LogP contribution in [0.5, 0.6) is 0 Å². The number of benzene rings is 2. The van der Waals surface area contributed by atoms with E-state index in [2.05, 4.69) is 53.4 Å². The molecular weight excluding hydrogens is 366 g/mol. The molecule has 1 fully saturated rings. The summed E-state index contributed by atoms with van der Waals surface area (Å²) < 4.78 is 0.980. The SMILES string of the molecule is S=C1S[C@H](c2ccc(Cl)cc2)[C@H]2CCCC=C2N1Cc1ccccc1. The average Bonchev–Trinajstić information content (AvgIpc) is 2.65. The fourth-order valence-electron chi connectivity index (χ4n) is 3.74. The molecule has 1 saturated heterocycles. The van der Waals surface area contributed by atoms with Gasteiger partial charge in [-0.2, -0.15) is 0 Å². The number of rotatable bonds is 3. The van der Waals surface area contributed by atoms with Crippen LogP contribution in [-0.4, -0.2) is 9.22 Å². The highest BCUT2D eigenvalue weighted by Crippen LogP contribution is 2.50. The molecular formula is C21H20ClNS2. The fraction of sp³-hybridized carbons (Fsp3) is 0.286. The Morgan fingerprint density at radius 1 is 1.08 bits per heavy atom. The molecule has 0 N–H and O–H groups in total. The van der Waals surface area contributed by atoms with Gasteiger partial charge in [0.2, 0.25) is 0 Å². The Morgan fingerprint density at radius 3 is 2.60 bits per heavy atom. The predicted molar refractivity (Wildman–Crippen MR) is 112 cm³/mol. The molecule has 128 valence electrons. The predicted octanol–water partition coefficient (Wildman–Crippen LogP) is 6.60. The van der Waals surface area contributed by atoms with Crippen LogP contribution in [0.25, 0.3) is 0 Å². The quantitative estimate of drug-likeness (QED) is 0.548. The third kappa shape index (κ3) is 3.64. The molecule has 1 heterocycles. The minimum atomic E-state index is 0.392. The largest absolute Gasteiger partial charge is 0.327 e. The zero-order valence-electron chi connectivity index (χ0n) is 13.9. The van der Waals surface area contributed by atoms with E-state index in [1.807, 2.05) is 23.9 Å². The van der Waals surface area contributed by atoms with Crippen LogP contribution in [0.1, 0.15) is 35.6 Å². The van der Waals surface area contributed by atoms with Crippen LogP contribution >= 0.6 is 35.6 Å². The number of allylic oxidation sites excluding steroid dienone is 2. The van der Waals surface area contributed by atoms with Crippen LogP contribution in [0.15, 0.2) is 66.4 Å². The van der Waals surface area contributed by atoms with Crippen molar-refractivity contribution >= 4 is 39.9 Å². The molecule has 0 unspecified atom stereocenters. The standard InChI is InChI=1S/C21H20ClNS2/c22-17-12-10-16(11-13-17)20-18-8-4-5-9-19(18)23(21(24)25-20)14-15-6-2-1-3-7-15/h1-3,6-7,9-13,18,20H,4-5,8,14H2/t18-,20+/m0/s1. The van der Waals surface area contributed by atoms with Crippen molar-refractivity contribution in [3.05, 3.63) is 82.5 Å². The van der Waals surface area contributed by atoms with Gasteiger partial charge in [0.25, 0.3) is 0 Å². The smallest absolute Gasteiger partial charge is 0.141 e. The van der Waals surface area contributed by atoms with Crippen molar-refractivity contribution in [3.63, 3.8) is 0 Å². The molecule has 2 aromatic rings. The van der Waals surface area contributed by atoms with E-state index in [0.29, 0.717) is 11.2 Å². The van der Waals surface area contributed by atoms with Gasteiger partial charge in [0.15, 0.2) is 0 Å². The van der Waals surface area contributed by atoms with Crippen LogP contribution in [0.3, 0.4) is 0 Å². The molecule has 0 aromatic heterocycles. The normalized spacial score (nSPS) is 23.2. The Bertz CT molecular complexity index is 785. The van der Waals surface area contributed by atoms with Gasteiger partial charge >= 0.3 is 0 Å². The first kappa shape index (κ1) is 17.1. The number of thiocarbonyl (C=S) groups is 1. The summed E-state index contributed by atoms with van der Waals surface area (Å²) in [4.78, 5) is 2.35. The molecule has 0 radical (unpaired) electrons. The minimum absolute atomic E-state index is 0.392.